The Bertz CT molecular complexity index is 653. The second-order valence-electron chi connectivity index (χ2n) is 4.76. The summed E-state index contributed by atoms with van der Waals surface area (Å²) in [6, 6.07) is 13.0. The van der Waals surface area contributed by atoms with Gasteiger partial charge in [0.25, 0.3) is 5.91 Å². The second kappa shape index (κ2) is 6.31. The van der Waals surface area contributed by atoms with E-state index < -0.39 is 0 Å². The van der Waals surface area contributed by atoms with Crippen LogP contribution in [0.5, 0.6) is 5.75 Å². The monoisotopic (exact) mass is 284 g/mol. The second-order valence-corrected chi connectivity index (χ2v) is 4.76. The Balaban J connectivity index is 2.50. The van der Waals surface area contributed by atoms with Crippen LogP contribution < -0.4 is 15.4 Å². The van der Waals surface area contributed by atoms with Gasteiger partial charge in [0.2, 0.25) is 0 Å². The lowest BCUT2D eigenvalue weighted by Gasteiger charge is -2.24. The molecule has 0 radical (unpaired) electrons. The number of nitrogens with zero attached hydrogens (tertiary/aromatic N) is 1. The number of amides is 1. The minimum Gasteiger partial charge on any atom is -0.496 e. The molecule has 0 aliphatic rings. The maximum atomic E-state index is 12.9. The van der Waals surface area contributed by atoms with Crippen molar-refractivity contribution in [2.24, 2.45) is 0 Å². The minimum absolute atomic E-state index is 0.151. The Morgan fingerprint density at radius 1 is 1.19 bits per heavy atom. The lowest BCUT2D eigenvalue weighted by Crippen LogP contribution is -2.32. The molecular formula is C17H20N2O2. The molecule has 1 amide bonds. The van der Waals surface area contributed by atoms with Crippen molar-refractivity contribution in [3.8, 4) is 5.75 Å². The largest absolute Gasteiger partial charge is 0.496 e. The Kier molecular flexibility index (Phi) is 4.48. The fraction of sp³-hybridized carbons (Fsp3) is 0.235. The van der Waals surface area contributed by atoms with Crippen molar-refractivity contribution in [3.63, 3.8) is 0 Å². The van der Waals surface area contributed by atoms with Crippen molar-refractivity contribution in [1.82, 2.24) is 0 Å². The third-order valence-corrected chi connectivity index (χ3v) is 3.46. The number of nitrogen functional groups attached to an aromatic ring is 1. The molecule has 0 bridgehead atoms. The number of hydrogen-bond donors (Lipinski definition) is 1. The Morgan fingerprint density at radius 3 is 2.52 bits per heavy atom. The fourth-order valence-electron chi connectivity index (χ4n) is 2.37. The van der Waals surface area contributed by atoms with Gasteiger partial charge >= 0.3 is 0 Å². The number of ether oxygens (including phenoxy) is 1. The summed E-state index contributed by atoms with van der Waals surface area (Å²) in [5.74, 6) is 0.341. The molecule has 0 unspecified atom stereocenters. The summed E-state index contributed by atoms with van der Waals surface area (Å²) in [7, 11) is 1.54. The number of para-hydroxylation sites is 1. The predicted octanol–water partition coefficient (Wildman–Crippen LogP) is 3.25. The number of anilines is 2. The van der Waals surface area contributed by atoms with Crippen LogP contribution in [0.25, 0.3) is 0 Å². The van der Waals surface area contributed by atoms with E-state index in [1.807, 2.05) is 38.1 Å². The molecule has 0 aliphatic carbocycles. The zero-order chi connectivity index (χ0) is 15.4. The third-order valence-electron chi connectivity index (χ3n) is 3.46. The minimum atomic E-state index is -0.151. The summed E-state index contributed by atoms with van der Waals surface area (Å²) < 4.78 is 5.28. The van der Waals surface area contributed by atoms with Crippen molar-refractivity contribution in [2.75, 3.05) is 24.3 Å². The van der Waals surface area contributed by atoms with Crippen LogP contribution in [0.3, 0.4) is 0 Å². The standard InChI is InChI=1S/C17H20N2O2/c1-4-19(14-10-6-5-8-12(14)2)17(20)16-13(18)9-7-11-15(16)21-3/h5-11H,4,18H2,1-3H3. The molecule has 0 aliphatic heterocycles. The van der Waals surface area contributed by atoms with Gasteiger partial charge in [0.05, 0.1) is 7.11 Å². The summed E-state index contributed by atoms with van der Waals surface area (Å²) in [5, 5.41) is 0. The van der Waals surface area contributed by atoms with Gasteiger partial charge in [0.15, 0.2) is 0 Å². The maximum Gasteiger partial charge on any atom is 0.264 e. The number of carbonyl (C=O) groups is 1. The average Bonchev–Trinajstić information content (AvgIpc) is 2.49. The molecule has 4 heteroatoms. The number of methoxy groups -OCH3 is 1. The Hall–Kier alpha value is -2.49. The molecule has 21 heavy (non-hydrogen) atoms. The van der Waals surface area contributed by atoms with Gasteiger partial charge in [-0.05, 0) is 37.6 Å². The summed E-state index contributed by atoms with van der Waals surface area (Å²) in [6.07, 6.45) is 0. The average molecular weight is 284 g/mol. The van der Waals surface area contributed by atoms with Crippen molar-refractivity contribution in [3.05, 3.63) is 53.6 Å². The van der Waals surface area contributed by atoms with Crippen LogP contribution in [0, 0.1) is 6.92 Å². The van der Waals surface area contributed by atoms with E-state index in [4.69, 9.17) is 10.5 Å². The predicted molar refractivity (Wildman–Crippen MR) is 85.9 cm³/mol. The Labute approximate surface area is 125 Å². The van der Waals surface area contributed by atoms with E-state index in [1.165, 1.54) is 7.11 Å². The molecule has 0 saturated carbocycles. The first kappa shape index (κ1) is 14.9. The SMILES string of the molecule is CCN(C(=O)c1c(N)cccc1OC)c1ccccc1C. The molecule has 0 fully saturated rings. The van der Waals surface area contributed by atoms with Crippen molar-refractivity contribution < 1.29 is 9.53 Å². The van der Waals surface area contributed by atoms with Gasteiger partial charge in [-0.15, -0.1) is 0 Å². The van der Waals surface area contributed by atoms with E-state index in [1.54, 1.807) is 23.1 Å². The van der Waals surface area contributed by atoms with Gasteiger partial charge < -0.3 is 15.4 Å². The number of rotatable bonds is 4. The first-order valence-corrected chi connectivity index (χ1v) is 6.90. The molecule has 0 spiro atoms. The van der Waals surface area contributed by atoms with Crippen molar-refractivity contribution >= 4 is 17.3 Å². The first-order valence-electron chi connectivity index (χ1n) is 6.90. The van der Waals surface area contributed by atoms with Crippen LogP contribution in [0.1, 0.15) is 22.8 Å². The molecule has 4 nitrogen and oxygen atoms in total. The summed E-state index contributed by atoms with van der Waals surface area (Å²) in [6.45, 7) is 4.48. The van der Waals surface area contributed by atoms with Gasteiger partial charge in [0.1, 0.15) is 11.3 Å². The maximum absolute atomic E-state index is 12.9. The van der Waals surface area contributed by atoms with E-state index >= 15 is 0 Å². The van der Waals surface area contributed by atoms with Gasteiger partial charge in [-0.25, -0.2) is 0 Å². The van der Waals surface area contributed by atoms with Gasteiger partial charge in [-0.3, -0.25) is 4.79 Å². The van der Waals surface area contributed by atoms with Crippen molar-refractivity contribution in [2.45, 2.75) is 13.8 Å². The van der Waals surface area contributed by atoms with Crippen LogP contribution in [0.2, 0.25) is 0 Å². The van der Waals surface area contributed by atoms with E-state index in [2.05, 4.69) is 0 Å². The molecule has 0 aromatic heterocycles. The smallest absolute Gasteiger partial charge is 0.264 e. The highest BCUT2D eigenvalue weighted by Crippen LogP contribution is 2.29. The molecule has 0 saturated heterocycles. The molecule has 0 atom stereocenters. The summed E-state index contributed by atoms with van der Waals surface area (Å²) in [4.78, 5) is 14.6. The number of hydrogen-bond acceptors (Lipinski definition) is 3. The molecule has 2 N–H and O–H groups in total. The van der Waals surface area contributed by atoms with Crippen LogP contribution >= 0.6 is 0 Å². The molecule has 110 valence electrons. The molecular weight excluding hydrogens is 264 g/mol. The Morgan fingerprint density at radius 2 is 1.90 bits per heavy atom. The number of aryl methyl sites for hydroxylation is 1. The quantitative estimate of drug-likeness (QED) is 0.877. The normalized spacial score (nSPS) is 10.2. The summed E-state index contributed by atoms with van der Waals surface area (Å²) in [5.41, 5.74) is 8.74. The summed E-state index contributed by atoms with van der Waals surface area (Å²) >= 11 is 0. The molecule has 2 aromatic rings. The van der Waals surface area contributed by atoms with Gasteiger partial charge in [-0.1, -0.05) is 24.3 Å². The zero-order valence-electron chi connectivity index (χ0n) is 12.6. The van der Waals surface area contributed by atoms with E-state index in [0.717, 1.165) is 11.3 Å². The lowest BCUT2D eigenvalue weighted by atomic mass is 10.1. The molecule has 0 heterocycles. The van der Waals surface area contributed by atoms with E-state index in [9.17, 15) is 4.79 Å². The first-order chi connectivity index (χ1) is 10.1. The highest BCUT2D eigenvalue weighted by atomic mass is 16.5. The zero-order valence-corrected chi connectivity index (χ0v) is 12.6. The van der Waals surface area contributed by atoms with E-state index in [0.29, 0.717) is 23.5 Å². The van der Waals surface area contributed by atoms with Crippen LogP contribution in [-0.4, -0.2) is 19.6 Å². The van der Waals surface area contributed by atoms with Crippen LogP contribution in [0.15, 0.2) is 42.5 Å². The van der Waals surface area contributed by atoms with Gasteiger partial charge in [-0.2, -0.15) is 0 Å². The molecule has 2 rings (SSSR count). The van der Waals surface area contributed by atoms with Gasteiger partial charge in [0, 0.05) is 17.9 Å². The topological polar surface area (TPSA) is 55.6 Å². The highest BCUT2D eigenvalue weighted by molar-refractivity contribution is 6.11. The number of carbonyl (C=O) groups excluding carboxylic acids is 1. The fourth-order valence-corrected chi connectivity index (χ4v) is 2.37. The van der Waals surface area contributed by atoms with E-state index in [-0.39, 0.29) is 5.91 Å². The molecule has 2 aromatic carbocycles. The number of benzene rings is 2. The number of nitrogens with two attached hydrogens (primary N) is 1. The van der Waals surface area contributed by atoms with Crippen LogP contribution in [-0.2, 0) is 0 Å². The van der Waals surface area contributed by atoms with Crippen LogP contribution in [0.4, 0.5) is 11.4 Å². The highest BCUT2D eigenvalue weighted by Gasteiger charge is 2.23. The third kappa shape index (κ3) is 2.84. The lowest BCUT2D eigenvalue weighted by molar-refractivity contribution is 0.0986. The van der Waals surface area contributed by atoms with Crippen molar-refractivity contribution in [1.29, 1.82) is 0 Å².